The number of aromatic hydroxyl groups is 1. The van der Waals surface area contributed by atoms with Gasteiger partial charge in [0.2, 0.25) is 0 Å². The van der Waals surface area contributed by atoms with Gasteiger partial charge in [-0.25, -0.2) is 9.37 Å². The first-order chi connectivity index (χ1) is 14.5. The summed E-state index contributed by atoms with van der Waals surface area (Å²) in [5, 5.41) is 22.4. The van der Waals surface area contributed by atoms with Crippen molar-refractivity contribution in [2.45, 2.75) is 38.3 Å². The Morgan fingerprint density at radius 2 is 1.94 bits per heavy atom. The number of halogens is 2. The SMILES string of the molecule is CC[C@H]1CN2CC[C@@H]1CC2[C@H](O)c1cc(-c2ccc(F)cc2)nc2ccc(O)cc12.Cl. The zero-order chi connectivity index (χ0) is 20.8. The molecular weight excluding hydrogens is 415 g/mol. The number of aliphatic hydroxyl groups is 1. The standard InChI is InChI=1S/C25H27FN2O2.ClH/c1-2-15-14-28-10-9-17(15)11-24(28)25(30)21-13-23(16-3-5-18(26)6-4-16)27-22-8-7-19(29)12-20(21)22;/h3-8,12-13,15,17,24-25,29-30H,2,9-11,14H2,1H3;1H/t15-,17+,24?,25+;/m0./s1. The highest BCUT2D eigenvalue weighted by Gasteiger charge is 2.42. The van der Waals surface area contributed by atoms with Crippen molar-refractivity contribution in [3.63, 3.8) is 0 Å². The summed E-state index contributed by atoms with van der Waals surface area (Å²) in [4.78, 5) is 7.16. The first-order valence-electron chi connectivity index (χ1n) is 10.8. The van der Waals surface area contributed by atoms with E-state index in [1.165, 1.54) is 25.0 Å². The molecule has 3 aliphatic heterocycles. The highest BCUT2D eigenvalue weighted by Crippen LogP contribution is 2.43. The number of nitrogens with zero attached hydrogens (tertiary/aromatic N) is 2. The summed E-state index contributed by atoms with van der Waals surface area (Å²) in [6, 6.07) is 13.3. The number of rotatable bonds is 4. The molecule has 0 aliphatic carbocycles. The van der Waals surface area contributed by atoms with Crippen LogP contribution in [0, 0.1) is 17.7 Å². The van der Waals surface area contributed by atoms with Crippen LogP contribution in [0.4, 0.5) is 4.39 Å². The highest BCUT2D eigenvalue weighted by molar-refractivity contribution is 5.87. The minimum atomic E-state index is -0.669. The Hall–Kier alpha value is -2.21. The Labute approximate surface area is 188 Å². The summed E-state index contributed by atoms with van der Waals surface area (Å²) < 4.78 is 13.4. The number of hydrogen-bond donors (Lipinski definition) is 2. The zero-order valence-electron chi connectivity index (χ0n) is 17.5. The van der Waals surface area contributed by atoms with Gasteiger partial charge in [0.25, 0.3) is 0 Å². The Morgan fingerprint density at radius 3 is 2.61 bits per heavy atom. The van der Waals surface area contributed by atoms with Crippen molar-refractivity contribution >= 4 is 23.3 Å². The fourth-order valence-corrected chi connectivity index (χ4v) is 5.43. The number of piperidine rings is 3. The van der Waals surface area contributed by atoms with Crippen LogP contribution in [-0.4, -0.2) is 39.2 Å². The van der Waals surface area contributed by atoms with Crippen LogP contribution in [-0.2, 0) is 0 Å². The lowest BCUT2D eigenvalue weighted by Gasteiger charge is -2.51. The van der Waals surface area contributed by atoms with E-state index in [0.717, 1.165) is 41.9 Å². The second-order valence-corrected chi connectivity index (χ2v) is 8.76. The molecule has 5 atom stereocenters. The van der Waals surface area contributed by atoms with Gasteiger partial charge in [-0.1, -0.05) is 13.3 Å². The molecule has 3 aromatic rings. The zero-order valence-corrected chi connectivity index (χ0v) is 18.4. The van der Waals surface area contributed by atoms with Crippen LogP contribution in [0.2, 0.25) is 0 Å². The quantitative estimate of drug-likeness (QED) is 0.574. The molecule has 0 amide bonds. The smallest absolute Gasteiger partial charge is 0.123 e. The van der Waals surface area contributed by atoms with Crippen LogP contribution in [0.3, 0.4) is 0 Å². The lowest BCUT2D eigenvalue weighted by atomic mass is 9.72. The Bertz CT molecular complexity index is 1080. The van der Waals surface area contributed by atoms with Crippen LogP contribution >= 0.6 is 12.4 Å². The van der Waals surface area contributed by atoms with E-state index in [2.05, 4.69) is 11.8 Å². The van der Waals surface area contributed by atoms with Crippen molar-refractivity contribution in [3.8, 4) is 17.0 Å². The third kappa shape index (κ3) is 4.02. The molecule has 3 fully saturated rings. The first-order valence-corrected chi connectivity index (χ1v) is 10.8. The van der Waals surface area contributed by atoms with Gasteiger partial charge in [-0.15, -0.1) is 12.4 Å². The maximum absolute atomic E-state index is 13.4. The molecule has 0 saturated carbocycles. The van der Waals surface area contributed by atoms with Gasteiger partial charge in [0.1, 0.15) is 11.6 Å². The normalized spacial score (nSPS) is 25.9. The fraction of sp³-hybridized carbons (Fsp3) is 0.400. The maximum atomic E-state index is 13.4. The van der Waals surface area contributed by atoms with E-state index >= 15 is 0 Å². The number of hydrogen-bond acceptors (Lipinski definition) is 4. The average molecular weight is 443 g/mol. The molecule has 31 heavy (non-hydrogen) atoms. The van der Waals surface area contributed by atoms with Crippen LogP contribution < -0.4 is 0 Å². The van der Waals surface area contributed by atoms with Gasteiger partial charge in [-0.05, 0) is 85.3 Å². The Balaban J connectivity index is 0.00000231. The molecule has 3 saturated heterocycles. The number of aliphatic hydroxyl groups excluding tert-OH is 1. The lowest BCUT2D eigenvalue weighted by Crippen LogP contribution is -2.55. The van der Waals surface area contributed by atoms with Gasteiger partial charge in [-0.3, -0.25) is 4.90 Å². The van der Waals surface area contributed by atoms with Gasteiger partial charge < -0.3 is 10.2 Å². The summed E-state index contributed by atoms with van der Waals surface area (Å²) in [6.45, 7) is 4.33. The van der Waals surface area contributed by atoms with Crippen molar-refractivity contribution < 1.29 is 14.6 Å². The van der Waals surface area contributed by atoms with Crippen molar-refractivity contribution in [1.82, 2.24) is 9.88 Å². The Morgan fingerprint density at radius 1 is 1.16 bits per heavy atom. The van der Waals surface area contributed by atoms with Crippen molar-refractivity contribution in [2.24, 2.45) is 11.8 Å². The van der Waals surface area contributed by atoms with E-state index in [4.69, 9.17) is 4.98 Å². The molecule has 2 N–H and O–H groups in total. The fourth-order valence-electron chi connectivity index (χ4n) is 5.43. The second kappa shape index (κ2) is 8.73. The topological polar surface area (TPSA) is 56.6 Å². The summed E-state index contributed by atoms with van der Waals surface area (Å²) >= 11 is 0. The molecule has 6 rings (SSSR count). The van der Waals surface area contributed by atoms with Crippen molar-refractivity contribution in [2.75, 3.05) is 13.1 Å². The first kappa shape index (κ1) is 22.0. The van der Waals surface area contributed by atoms with E-state index in [1.807, 2.05) is 6.07 Å². The minimum Gasteiger partial charge on any atom is -0.508 e. The summed E-state index contributed by atoms with van der Waals surface area (Å²) in [5.41, 5.74) is 2.99. The number of fused-ring (bicyclic) bond motifs is 4. The molecule has 2 aromatic carbocycles. The lowest BCUT2D eigenvalue weighted by molar-refractivity contribution is -0.0562. The van der Waals surface area contributed by atoms with Gasteiger partial charge in [-0.2, -0.15) is 0 Å². The molecule has 1 aromatic heterocycles. The van der Waals surface area contributed by atoms with Gasteiger partial charge >= 0.3 is 0 Å². The van der Waals surface area contributed by atoms with E-state index in [1.54, 1.807) is 30.3 Å². The summed E-state index contributed by atoms with van der Waals surface area (Å²) in [5.74, 6) is 1.25. The van der Waals surface area contributed by atoms with Crippen LogP contribution in [0.5, 0.6) is 5.75 Å². The molecule has 2 unspecified atom stereocenters. The highest BCUT2D eigenvalue weighted by atomic mass is 35.5. The number of aromatic nitrogens is 1. The van der Waals surface area contributed by atoms with Crippen LogP contribution in [0.25, 0.3) is 22.2 Å². The number of phenolic OH excluding ortho intramolecular Hbond substituents is 1. The summed E-state index contributed by atoms with van der Waals surface area (Å²) in [6.07, 6.45) is 2.72. The van der Waals surface area contributed by atoms with Crippen LogP contribution in [0.15, 0.2) is 48.5 Å². The van der Waals surface area contributed by atoms with Gasteiger partial charge in [0, 0.05) is 23.5 Å². The molecule has 0 radical (unpaired) electrons. The number of phenols is 1. The molecule has 2 bridgehead atoms. The predicted octanol–water partition coefficient (Wildman–Crippen LogP) is 5.32. The predicted molar refractivity (Wildman–Crippen MR) is 123 cm³/mol. The molecule has 4 heterocycles. The second-order valence-electron chi connectivity index (χ2n) is 8.76. The van der Waals surface area contributed by atoms with Gasteiger partial charge in [0.15, 0.2) is 0 Å². The minimum absolute atomic E-state index is 0. The molecular formula is C25H28ClFN2O2. The van der Waals surface area contributed by atoms with E-state index in [0.29, 0.717) is 17.1 Å². The number of pyridine rings is 1. The van der Waals surface area contributed by atoms with E-state index < -0.39 is 6.10 Å². The number of benzene rings is 2. The van der Waals surface area contributed by atoms with E-state index in [-0.39, 0.29) is 30.0 Å². The van der Waals surface area contributed by atoms with Crippen LogP contribution in [0.1, 0.15) is 37.9 Å². The average Bonchev–Trinajstić information content (AvgIpc) is 2.78. The third-order valence-corrected chi connectivity index (χ3v) is 7.11. The van der Waals surface area contributed by atoms with Crippen molar-refractivity contribution in [1.29, 1.82) is 0 Å². The molecule has 4 nitrogen and oxygen atoms in total. The van der Waals surface area contributed by atoms with Gasteiger partial charge in [0.05, 0.1) is 17.3 Å². The molecule has 6 heteroatoms. The van der Waals surface area contributed by atoms with E-state index in [9.17, 15) is 14.6 Å². The third-order valence-electron chi connectivity index (χ3n) is 7.11. The molecule has 164 valence electrons. The Kier molecular flexibility index (Phi) is 6.20. The largest absolute Gasteiger partial charge is 0.508 e. The maximum Gasteiger partial charge on any atom is 0.123 e. The summed E-state index contributed by atoms with van der Waals surface area (Å²) in [7, 11) is 0. The monoisotopic (exact) mass is 442 g/mol. The van der Waals surface area contributed by atoms with Crippen molar-refractivity contribution in [3.05, 3.63) is 59.9 Å². The molecule has 3 aliphatic rings. The molecule has 0 spiro atoms.